The number of piperidine rings is 1. The summed E-state index contributed by atoms with van der Waals surface area (Å²) in [4.78, 5) is 18.0. The van der Waals surface area contributed by atoms with E-state index in [0.717, 1.165) is 69.8 Å². The van der Waals surface area contributed by atoms with Crippen molar-refractivity contribution in [2.45, 2.75) is 18.9 Å². The number of hydrogen-bond donors (Lipinski definition) is 1. The van der Waals surface area contributed by atoms with E-state index in [1.54, 1.807) is 6.20 Å². The number of ether oxygens (including phenoxy) is 1. The number of pyridine rings is 1. The largest absolute Gasteiger partial charge is 0.378 e. The molecule has 2 aromatic heterocycles. The van der Waals surface area contributed by atoms with E-state index in [2.05, 4.69) is 25.1 Å². The number of rotatable bonds is 4. The lowest BCUT2D eigenvalue weighted by Crippen LogP contribution is -2.42. The molecule has 2 fully saturated rings. The van der Waals surface area contributed by atoms with Crippen LogP contribution < -0.4 is 15.1 Å². The van der Waals surface area contributed by atoms with Crippen LogP contribution in [0.25, 0.3) is 0 Å². The van der Waals surface area contributed by atoms with E-state index in [-0.39, 0.29) is 0 Å². The molecule has 2 aliphatic heterocycles. The van der Waals surface area contributed by atoms with Crippen LogP contribution in [-0.2, 0) is 4.74 Å². The molecule has 1 atom stereocenters. The maximum absolute atomic E-state index is 5.95. The fourth-order valence-corrected chi connectivity index (χ4v) is 3.52. The van der Waals surface area contributed by atoms with Gasteiger partial charge in [-0.2, -0.15) is 4.98 Å². The molecule has 1 N–H and O–H groups in total. The Morgan fingerprint density at radius 2 is 1.96 bits per heavy atom. The van der Waals surface area contributed by atoms with Gasteiger partial charge in [0.15, 0.2) is 0 Å². The van der Waals surface area contributed by atoms with Crippen molar-refractivity contribution in [3.8, 4) is 0 Å². The molecule has 2 saturated heterocycles. The van der Waals surface area contributed by atoms with Crippen LogP contribution in [-0.4, -0.2) is 60.4 Å². The Kier molecular flexibility index (Phi) is 5.36. The van der Waals surface area contributed by atoms with E-state index in [1.165, 1.54) is 0 Å². The first-order chi connectivity index (χ1) is 12.8. The highest BCUT2D eigenvalue weighted by molar-refractivity contribution is 6.30. The fourth-order valence-electron chi connectivity index (χ4n) is 3.41. The highest BCUT2D eigenvalue weighted by Gasteiger charge is 2.22. The third kappa shape index (κ3) is 4.16. The van der Waals surface area contributed by atoms with Crippen LogP contribution in [0.4, 0.5) is 17.6 Å². The van der Waals surface area contributed by atoms with Crippen LogP contribution in [0.5, 0.6) is 0 Å². The second-order valence-electron chi connectivity index (χ2n) is 6.61. The number of aromatic nitrogens is 3. The Balaban J connectivity index is 1.41. The van der Waals surface area contributed by atoms with Crippen molar-refractivity contribution in [1.82, 2.24) is 15.0 Å². The maximum atomic E-state index is 5.95. The Morgan fingerprint density at radius 3 is 2.77 bits per heavy atom. The van der Waals surface area contributed by atoms with Crippen LogP contribution in [0, 0.1) is 0 Å². The number of hydrogen-bond acceptors (Lipinski definition) is 7. The van der Waals surface area contributed by atoms with Crippen molar-refractivity contribution in [3.05, 3.63) is 35.6 Å². The Morgan fingerprint density at radius 1 is 1.08 bits per heavy atom. The van der Waals surface area contributed by atoms with Crippen molar-refractivity contribution in [2.75, 3.05) is 54.5 Å². The lowest BCUT2D eigenvalue weighted by atomic mass is 10.1. The van der Waals surface area contributed by atoms with E-state index in [1.807, 2.05) is 24.4 Å². The summed E-state index contributed by atoms with van der Waals surface area (Å²) in [5.41, 5.74) is 0. The van der Waals surface area contributed by atoms with Crippen molar-refractivity contribution in [3.63, 3.8) is 0 Å². The summed E-state index contributed by atoms with van der Waals surface area (Å²) in [7, 11) is 0. The van der Waals surface area contributed by atoms with Crippen LogP contribution in [0.3, 0.4) is 0 Å². The van der Waals surface area contributed by atoms with Gasteiger partial charge in [0.25, 0.3) is 0 Å². The van der Waals surface area contributed by atoms with Crippen molar-refractivity contribution in [1.29, 1.82) is 0 Å². The van der Waals surface area contributed by atoms with Gasteiger partial charge in [0, 0.05) is 44.6 Å². The average molecular weight is 375 g/mol. The molecule has 138 valence electrons. The third-order valence-corrected chi connectivity index (χ3v) is 4.97. The molecule has 0 aromatic carbocycles. The van der Waals surface area contributed by atoms with Gasteiger partial charge in [-0.25, -0.2) is 9.97 Å². The molecule has 2 aromatic rings. The van der Waals surface area contributed by atoms with E-state index in [9.17, 15) is 0 Å². The van der Waals surface area contributed by atoms with Crippen LogP contribution in [0.15, 0.2) is 30.6 Å². The van der Waals surface area contributed by atoms with Crippen LogP contribution in [0.1, 0.15) is 12.8 Å². The highest BCUT2D eigenvalue weighted by Crippen LogP contribution is 2.21. The first kappa shape index (κ1) is 17.3. The van der Waals surface area contributed by atoms with Crippen molar-refractivity contribution < 1.29 is 4.74 Å². The monoisotopic (exact) mass is 374 g/mol. The summed E-state index contributed by atoms with van der Waals surface area (Å²) in [6, 6.07) is 6.13. The molecular weight excluding hydrogens is 352 g/mol. The van der Waals surface area contributed by atoms with Gasteiger partial charge < -0.3 is 19.9 Å². The average Bonchev–Trinajstić information content (AvgIpc) is 2.70. The van der Waals surface area contributed by atoms with Gasteiger partial charge in [0.05, 0.1) is 18.2 Å². The molecule has 0 saturated carbocycles. The Bertz CT molecular complexity index is 722. The third-order valence-electron chi connectivity index (χ3n) is 4.75. The van der Waals surface area contributed by atoms with Crippen LogP contribution >= 0.6 is 11.6 Å². The summed E-state index contributed by atoms with van der Waals surface area (Å²) in [6.45, 7) is 5.03. The molecule has 4 rings (SSSR count). The molecule has 26 heavy (non-hydrogen) atoms. The lowest BCUT2D eigenvalue weighted by molar-refractivity contribution is 0.122. The van der Waals surface area contributed by atoms with Gasteiger partial charge in [0.1, 0.15) is 11.6 Å². The van der Waals surface area contributed by atoms with Gasteiger partial charge in [-0.15, -0.1) is 0 Å². The van der Waals surface area contributed by atoms with Gasteiger partial charge in [-0.3, -0.25) is 0 Å². The van der Waals surface area contributed by atoms with E-state index in [4.69, 9.17) is 21.3 Å². The van der Waals surface area contributed by atoms with E-state index in [0.29, 0.717) is 11.1 Å². The SMILES string of the molecule is Clc1ccc(N2CCCC(Nc3ccnc(N4CCOCC4)n3)C2)nc1. The number of nitrogens with zero attached hydrogens (tertiary/aromatic N) is 5. The summed E-state index contributed by atoms with van der Waals surface area (Å²) in [5.74, 6) is 2.61. The van der Waals surface area contributed by atoms with Gasteiger partial charge >= 0.3 is 0 Å². The highest BCUT2D eigenvalue weighted by atomic mass is 35.5. The van der Waals surface area contributed by atoms with Gasteiger partial charge in [-0.1, -0.05) is 11.6 Å². The minimum atomic E-state index is 0.327. The molecular formula is C18H23ClN6O. The molecule has 1 unspecified atom stereocenters. The number of morpholine rings is 1. The number of nitrogens with one attached hydrogen (secondary N) is 1. The zero-order chi connectivity index (χ0) is 17.8. The molecule has 8 heteroatoms. The zero-order valence-corrected chi connectivity index (χ0v) is 15.4. The molecule has 0 radical (unpaired) electrons. The molecule has 4 heterocycles. The molecule has 0 aliphatic carbocycles. The topological polar surface area (TPSA) is 66.4 Å². The second-order valence-corrected chi connectivity index (χ2v) is 7.04. The standard InChI is InChI=1S/C18H23ClN6O/c19-14-3-4-17(21-12-14)25-7-1-2-15(13-25)22-16-5-6-20-18(23-16)24-8-10-26-11-9-24/h3-6,12,15H,1-2,7-11,13H2,(H,20,22,23). The van der Waals surface area contributed by atoms with Crippen LogP contribution in [0.2, 0.25) is 5.02 Å². The second kappa shape index (κ2) is 8.05. The summed E-state index contributed by atoms with van der Waals surface area (Å²) >= 11 is 5.95. The van der Waals surface area contributed by atoms with Gasteiger partial charge in [-0.05, 0) is 31.0 Å². The van der Waals surface area contributed by atoms with Crippen molar-refractivity contribution >= 4 is 29.2 Å². The normalized spacial score (nSPS) is 20.9. The van der Waals surface area contributed by atoms with Gasteiger partial charge in [0.2, 0.25) is 5.95 Å². The lowest BCUT2D eigenvalue weighted by Gasteiger charge is -2.34. The Labute approximate surface area is 158 Å². The smallest absolute Gasteiger partial charge is 0.227 e. The minimum Gasteiger partial charge on any atom is -0.378 e. The summed E-state index contributed by atoms with van der Waals surface area (Å²) in [6.07, 6.45) is 5.75. The quantitative estimate of drug-likeness (QED) is 0.881. The molecule has 2 aliphatic rings. The minimum absolute atomic E-state index is 0.327. The molecule has 7 nitrogen and oxygen atoms in total. The first-order valence-corrected chi connectivity index (χ1v) is 9.44. The van der Waals surface area contributed by atoms with E-state index >= 15 is 0 Å². The number of anilines is 3. The predicted molar refractivity (Wildman–Crippen MR) is 103 cm³/mol. The van der Waals surface area contributed by atoms with E-state index < -0.39 is 0 Å². The molecule has 0 spiro atoms. The predicted octanol–water partition coefficient (Wildman–Crippen LogP) is 2.44. The first-order valence-electron chi connectivity index (χ1n) is 9.07. The van der Waals surface area contributed by atoms with Crippen molar-refractivity contribution in [2.24, 2.45) is 0 Å². The molecule has 0 bridgehead atoms. The summed E-state index contributed by atoms with van der Waals surface area (Å²) in [5, 5.41) is 4.23. The number of halogens is 1. The molecule has 0 amide bonds. The summed E-state index contributed by atoms with van der Waals surface area (Å²) < 4.78 is 5.40. The fraction of sp³-hybridized carbons (Fsp3) is 0.500. The maximum Gasteiger partial charge on any atom is 0.227 e. The zero-order valence-electron chi connectivity index (χ0n) is 14.6. The Hall–Kier alpha value is -2.12.